The summed E-state index contributed by atoms with van der Waals surface area (Å²) in [6.07, 6.45) is 7.63. The van der Waals surface area contributed by atoms with Crippen LogP contribution in [0.1, 0.15) is 34.7 Å². The monoisotopic (exact) mass is 353 g/mol. The van der Waals surface area contributed by atoms with Crippen molar-refractivity contribution in [1.82, 2.24) is 14.9 Å². The third-order valence-electron chi connectivity index (χ3n) is 5.29. The molecule has 1 aliphatic carbocycles. The first-order valence-electron chi connectivity index (χ1n) is 9.17. The molecule has 2 aromatic heterocycles. The highest BCUT2D eigenvalue weighted by molar-refractivity contribution is 5.94. The van der Waals surface area contributed by atoms with Gasteiger partial charge in [-0.25, -0.2) is 0 Å². The minimum Gasteiger partial charge on any atom is -0.381 e. The van der Waals surface area contributed by atoms with Crippen molar-refractivity contribution < 1.29 is 9.53 Å². The fourth-order valence-electron chi connectivity index (χ4n) is 3.63. The van der Waals surface area contributed by atoms with E-state index in [1.807, 2.05) is 12.1 Å². The van der Waals surface area contributed by atoms with Crippen molar-refractivity contribution in [3.8, 4) is 0 Å². The Bertz CT molecular complexity index is 816. The molecule has 1 amide bonds. The highest BCUT2D eigenvalue weighted by atomic mass is 16.5. The zero-order valence-electron chi connectivity index (χ0n) is 14.6. The maximum atomic E-state index is 12.8. The summed E-state index contributed by atoms with van der Waals surface area (Å²) in [6, 6.07) is 7.27. The molecule has 0 aromatic carbocycles. The second-order valence-corrected chi connectivity index (χ2v) is 7.25. The molecule has 6 nitrogen and oxygen atoms in total. The van der Waals surface area contributed by atoms with Gasteiger partial charge in [0.25, 0.3) is 11.5 Å². The van der Waals surface area contributed by atoms with E-state index < -0.39 is 0 Å². The summed E-state index contributed by atoms with van der Waals surface area (Å²) < 4.78 is 5.93. The van der Waals surface area contributed by atoms with E-state index in [1.165, 1.54) is 19.0 Å². The number of hydrogen-bond acceptors (Lipinski definition) is 4. The summed E-state index contributed by atoms with van der Waals surface area (Å²) in [5, 5.41) is 0. The molecule has 2 atom stereocenters. The van der Waals surface area contributed by atoms with Crippen molar-refractivity contribution in [2.75, 3.05) is 26.3 Å². The number of amides is 1. The van der Waals surface area contributed by atoms with E-state index in [0.717, 1.165) is 18.1 Å². The van der Waals surface area contributed by atoms with Crippen LogP contribution in [0, 0.1) is 11.8 Å². The average Bonchev–Trinajstić information content (AvgIpc) is 3.39. The molecule has 136 valence electrons. The average molecular weight is 353 g/mol. The summed E-state index contributed by atoms with van der Waals surface area (Å²) >= 11 is 0. The molecule has 1 aliphatic heterocycles. The minimum atomic E-state index is -0.341. The van der Waals surface area contributed by atoms with Crippen LogP contribution in [0.15, 0.2) is 47.7 Å². The fraction of sp³-hybridized carbons (Fsp3) is 0.450. The first-order chi connectivity index (χ1) is 12.7. The Labute approximate surface area is 152 Å². The summed E-state index contributed by atoms with van der Waals surface area (Å²) in [7, 11) is 0. The number of H-pyrrole nitrogens is 1. The van der Waals surface area contributed by atoms with Crippen LogP contribution in [-0.2, 0) is 4.74 Å². The van der Waals surface area contributed by atoms with Gasteiger partial charge in [-0.05, 0) is 48.6 Å². The maximum absolute atomic E-state index is 12.8. The largest absolute Gasteiger partial charge is 0.381 e. The molecule has 0 bridgehead atoms. The van der Waals surface area contributed by atoms with E-state index in [1.54, 1.807) is 29.4 Å². The summed E-state index contributed by atoms with van der Waals surface area (Å²) in [6.45, 7) is 2.64. The number of hydrogen-bond donors (Lipinski definition) is 1. The zero-order valence-corrected chi connectivity index (χ0v) is 14.6. The van der Waals surface area contributed by atoms with Crippen LogP contribution in [0.4, 0.5) is 0 Å². The highest BCUT2D eigenvalue weighted by Gasteiger charge is 2.37. The zero-order chi connectivity index (χ0) is 17.9. The molecule has 1 N–H and O–H groups in total. The van der Waals surface area contributed by atoms with Crippen LogP contribution in [-0.4, -0.2) is 47.1 Å². The number of carbonyl (C=O) groups is 1. The van der Waals surface area contributed by atoms with E-state index in [-0.39, 0.29) is 28.9 Å². The van der Waals surface area contributed by atoms with Crippen molar-refractivity contribution in [3.63, 3.8) is 0 Å². The van der Waals surface area contributed by atoms with E-state index >= 15 is 0 Å². The van der Waals surface area contributed by atoms with Crippen molar-refractivity contribution in [2.24, 2.45) is 11.8 Å². The van der Waals surface area contributed by atoms with Crippen molar-refractivity contribution in [3.05, 3.63) is 64.3 Å². The Morgan fingerprint density at radius 2 is 2.00 bits per heavy atom. The van der Waals surface area contributed by atoms with Gasteiger partial charge in [0.05, 0.1) is 6.61 Å². The first kappa shape index (κ1) is 17.0. The molecule has 3 heterocycles. The van der Waals surface area contributed by atoms with Gasteiger partial charge in [0.2, 0.25) is 0 Å². The number of nitrogens with one attached hydrogen (secondary N) is 1. The molecule has 26 heavy (non-hydrogen) atoms. The van der Waals surface area contributed by atoms with Gasteiger partial charge in [0.15, 0.2) is 0 Å². The number of nitrogens with zero attached hydrogens (tertiary/aromatic N) is 2. The topological polar surface area (TPSA) is 75.3 Å². The van der Waals surface area contributed by atoms with E-state index in [2.05, 4.69) is 9.97 Å². The van der Waals surface area contributed by atoms with Gasteiger partial charge >= 0.3 is 0 Å². The number of rotatable bonds is 6. The van der Waals surface area contributed by atoms with Gasteiger partial charge in [-0.1, -0.05) is 0 Å². The van der Waals surface area contributed by atoms with Crippen molar-refractivity contribution in [2.45, 2.75) is 18.8 Å². The number of aromatic nitrogens is 2. The molecule has 2 fully saturated rings. The van der Waals surface area contributed by atoms with Gasteiger partial charge in [0.1, 0.15) is 5.56 Å². The second-order valence-electron chi connectivity index (χ2n) is 7.25. The molecular weight excluding hydrogens is 330 g/mol. The van der Waals surface area contributed by atoms with Crippen LogP contribution in [0.2, 0.25) is 0 Å². The lowest BCUT2D eigenvalue weighted by Gasteiger charge is -2.18. The molecule has 0 unspecified atom stereocenters. The van der Waals surface area contributed by atoms with Crippen LogP contribution >= 0.6 is 0 Å². The van der Waals surface area contributed by atoms with Gasteiger partial charge in [-0.2, -0.15) is 0 Å². The third-order valence-corrected chi connectivity index (χ3v) is 5.29. The smallest absolute Gasteiger partial charge is 0.260 e. The molecule has 2 aromatic rings. The molecule has 2 aliphatic rings. The van der Waals surface area contributed by atoms with E-state index in [4.69, 9.17) is 4.74 Å². The number of pyridine rings is 2. The Morgan fingerprint density at radius 3 is 2.73 bits per heavy atom. The lowest BCUT2D eigenvalue weighted by atomic mass is 9.90. The van der Waals surface area contributed by atoms with Gasteiger partial charge in [-0.3, -0.25) is 14.6 Å². The van der Waals surface area contributed by atoms with Crippen LogP contribution in [0.3, 0.4) is 0 Å². The highest BCUT2D eigenvalue weighted by Crippen LogP contribution is 2.34. The van der Waals surface area contributed by atoms with Gasteiger partial charge in [0, 0.05) is 50.1 Å². The normalized spacial score (nSPS) is 22.5. The molecule has 1 saturated heterocycles. The summed E-state index contributed by atoms with van der Waals surface area (Å²) in [5.74, 6) is 0.929. The van der Waals surface area contributed by atoms with E-state index in [9.17, 15) is 9.59 Å². The Balaban J connectivity index is 1.51. The van der Waals surface area contributed by atoms with E-state index in [0.29, 0.717) is 19.7 Å². The molecule has 0 spiro atoms. The SMILES string of the molecule is O=C(c1ccc[nH]c1=O)N1C[C@@H](COCC2CC2)[C@H](c2ccncc2)C1. The molecule has 4 rings (SSSR count). The second kappa shape index (κ2) is 7.41. The molecular formula is C20H23N3O3. The summed E-state index contributed by atoms with van der Waals surface area (Å²) in [5.41, 5.74) is 1.02. The lowest BCUT2D eigenvalue weighted by molar-refractivity contribution is 0.0738. The van der Waals surface area contributed by atoms with Crippen LogP contribution in [0.5, 0.6) is 0 Å². The van der Waals surface area contributed by atoms with Crippen LogP contribution in [0.25, 0.3) is 0 Å². The Kier molecular flexibility index (Phi) is 4.84. The molecule has 6 heteroatoms. The van der Waals surface area contributed by atoms with Crippen molar-refractivity contribution >= 4 is 5.91 Å². The predicted molar refractivity (Wildman–Crippen MR) is 97.0 cm³/mol. The summed E-state index contributed by atoms with van der Waals surface area (Å²) in [4.78, 5) is 33.2. The van der Waals surface area contributed by atoms with Gasteiger partial charge < -0.3 is 14.6 Å². The molecule has 1 saturated carbocycles. The maximum Gasteiger partial charge on any atom is 0.260 e. The quantitative estimate of drug-likeness (QED) is 0.862. The predicted octanol–water partition coefficient (Wildman–Crippen LogP) is 2.05. The number of aromatic amines is 1. The number of likely N-dealkylation sites (tertiary alicyclic amines) is 1. The van der Waals surface area contributed by atoms with Crippen LogP contribution < -0.4 is 5.56 Å². The lowest BCUT2D eigenvalue weighted by Crippen LogP contribution is -2.33. The Morgan fingerprint density at radius 1 is 1.19 bits per heavy atom. The minimum absolute atomic E-state index is 0.195. The first-order valence-corrected chi connectivity index (χ1v) is 9.17. The fourth-order valence-corrected chi connectivity index (χ4v) is 3.63. The third kappa shape index (κ3) is 3.70. The number of ether oxygens (including phenoxy) is 1. The Hall–Kier alpha value is -2.47. The molecule has 0 radical (unpaired) electrons. The van der Waals surface area contributed by atoms with Crippen molar-refractivity contribution in [1.29, 1.82) is 0 Å². The standard InChI is InChI=1S/C20H23N3O3/c24-19-17(2-1-7-22-19)20(25)23-10-16(13-26-12-14-3-4-14)18(11-23)15-5-8-21-9-6-15/h1-2,5-9,14,16,18H,3-4,10-13H2,(H,22,24)/t16-,18-/m0/s1. The van der Waals surface area contributed by atoms with Gasteiger partial charge in [-0.15, -0.1) is 0 Å². The number of carbonyl (C=O) groups excluding carboxylic acids is 1.